The van der Waals surface area contributed by atoms with Gasteiger partial charge in [0.2, 0.25) is 0 Å². The molecule has 0 bridgehead atoms. The van der Waals surface area contributed by atoms with Crippen LogP contribution in [0.15, 0.2) is 27.9 Å². The molecule has 1 aliphatic heterocycles. The number of carbonyl (C=O) groups excluding carboxylic acids is 1. The van der Waals surface area contributed by atoms with Crippen molar-refractivity contribution in [2.24, 2.45) is 11.8 Å². The second-order valence-electron chi connectivity index (χ2n) is 9.47. The van der Waals surface area contributed by atoms with E-state index >= 15 is 0 Å². The molecule has 1 fully saturated rings. The predicted octanol–water partition coefficient (Wildman–Crippen LogP) is 5.04. The molecule has 0 unspecified atom stereocenters. The molecule has 1 aliphatic rings. The number of hydrogen-bond acceptors (Lipinski definition) is 5. The number of methoxy groups -OCH3 is 2. The quantitative estimate of drug-likeness (QED) is 0.334. The average molecular weight is 525 g/mol. The molecule has 6 heteroatoms. The Morgan fingerprint density at radius 1 is 1.07 bits per heavy atom. The number of benzene rings is 1. The van der Waals surface area contributed by atoms with Crippen LogP contribution in [-0.4, -0.2) is 57.2 Å². The molecule has 0 aliphatic carbocycles. The Kier molecular flexibility index (Phi) is 9.25. The number of carbonyl (C=O) groups is 1. The number of aldehydes is 1. The van der Waals surface area contributed by atoms with Gasteiger partial charge in [0.25, 0.3) is 0 Å². The molecule has 2 rings (SSSR count). The van der Waals surface area contributed by atoms with Gasteiger partial charge in [-0.05, 0) is 0 Å². The van der Waals surface area contributed by atoms with Crippen molar-refractivity contribution < 1.29 is 23.7 Å². The van der Waals surface area contributed by atoms with E-state index in [0.717, 1.165) is 23.3 Å². The van der Waals surface area contributed by atoms with E-state index in [9.17, 15) is 4.79 Å². The number of hydrogen-bond donors (Lipinski definition) is 0. The summed E-state index contributed by atoms with van der Waals surface area (Å²) in [6.45, 7) is 6.94. The maximum atomic E-state index is 11.3. The molecule has 1 heterocycles. The topological polar surface area (TPSA) is 54.0 Å². The molecule has 0 radical (unpaired) electrons. The molecule has 1 saturated heterocycles. The molecule has 0 amide bonds. The monoisotopic (exact) mass is 526 g/mol. The summed E-state index contributed by atoms with van der Waals surface area (Å²) in [4.78, 5) is 18.5. The van der Waals surface area contributed by atoms with E-state index in [1.165, 1.54) is 5.57 Å². The van der Waals surface area contributed by atoms with Crippen molar-refractivity contribution >= 4 is 24.7 Å². The summed E-state index contributed by atoms with van der Waals surface area (Å²) in [5.41, 5.74) is 2.28. The van der Waals surface area contributed by atoms with Crippen LogP contribution in [0.4, 0.5) is 0 Å². The molecule has 5 atom stereocenters. The summed E-state index contributed by atoms with van der Waals surface area (Å²) < 4.78 is 26.1. The fourth-order valence-corrected chi connectivity index (χ4v) is 8.76. The Hall–Kier alpha value is -1.05. The van der Waals surface area contributed by atoms with Gasteiger partial charge < -0.3 is 0 Å². The zero-order valence-electron chi connectivity index (χ0n) is 19.7. The van der Waals surface area contributed by atoms with Crippen LogP contribution in [0.25, 0.3) is 0 Å². The zero-order valence-corrected chi connectivity index (χ0v) is 22.6. The molecule has 0 N–H and O–H groups in total. The Morgan fingerprint density at radius 3 is 2.17 bits per heavy atom. The van der Waals surface area contributed by atoms with Gasteiger partial charge in [-0.2, -0.15) is 0 Å². The zero-order chi connectivity index (χ0) is 22.5. The third-order valence-corrected chi connectivity index (χ3v) is 9.48. The van der Waals surface area contributed by atoms with Crippen molar-refractivity contribution in [1.29, 1.82) is 0 Å². The van der Waals surface area contributed by atoms with Crippen LogP contribution in [-0.2, 0) is 20.9 Å². The fraction of sp³-hybridized carbons (Fsp3) is 0.625. The fourth-order valence-electron chi connectivity index (χ4n) is 4.40. The molecule has 1 aromatic carbocycles. The molecule has 0 spiro atoms. The second-order valence-corrected chi connectivity index (χ2v) is 23.8. The van der Waals surface area contributed by atoms with E-state index in [0.29, 0.717) is 13.0 Å². The minimum atomic E-state index is -2.13. The molecule has 0 aromatic heterocycles. The van der Waals surface area contributed by atoms with Gasteiger partial charge in [-0.25, -0.2) is 0 Å². The third-order valence-electron chi connectivity index (χ3n) is 5.71. The van der Waals surface area contributed by atoms with Crippen LogP contribution in [0.3, 0.4) is 0 Å². The number of ether oxygens (including phenoxy) is 4. The Labute approximate surface area is 186 Å². The molecule has 0 saturated carbocycles. The van der Waals surface area contributed by atoms with Gasteiger partial charge in [0, 0.05) is 0 Å². The first kappa shape index (κ1) is 25.2. The van der Waals surface area contributed by atoms with Crippen molar-refractivity contribution in [1.82, 2.24) is 0 Å². The van der Waals surface area contributed by atoms with Crippen LogP contribution < -0.4 is 9.47 Å². The molecule has 5 nitrogen and oxygen atoms in total. The SMILES string of the molecule is COc1cc(CO[C@H]2[C@@H](C)[C@@H](CC=O)O[C@@H](/C(C)=[CH]/[Sn]([CH3])([CH3])[CH3])[C@@H]2C)cc(OC)c1. The van der Waals surface area contributed by atoms with Crippen molar-refractivity contribution in [2.75, 3.05) is 14.2 Å². The first-order valence-corrected chi connectivity index (χ1v) is 20.9. The first-order valence-electron chi connectivity index (χ1n) is 10.7. The Bertz CT molecular complexity index is 717. The van der Waals surface area contributed by atoms with Gasteiger partial charge in [-0.1, -0.05) is 0 Å². The van der Waals surface area contributed by atoms with Crippen LogP contribution >= 0.6 is 0 Å². The molecular formula is C24H38O5Sn. The summed E-state index contributed by atoms with van der Waals surface area (Å²) in [7, 11) is 3.29. The third kappa shape index (κ3) is 6.72. The van der Waals surface area contributed by atoms with Crippen LogP contribution in [0.5, 0.6) is 11.5 Å². The summed E-state index contributed by atoms with van der Waals surface area (Å²) >= 11 is -2.13. The molecular weight excluding hydrogens is 487 g/mol. The van der Waals surface area contributed by atoms with E-state index in [1.807, 2.05) is 18.2 Å². The second kappa shape index (κ2) is 11.0. The van der Waals surface area contributed by atoms with E-state index in [1.54, 1.807) is 14.2 Å². The Morgan fingerprint density at radius 2 is 1.67 bits per heavy atom. The summed E-state index contributed by atoms with van der Waals surface area (Å²) in [6, 6.07) is 5.79. The van der Waals surface area contributed by atoms with Gasteiger partial charge >= 0.3 is 186 Å². The number of rotatable bonds is 9. The van der Waals surface area contributed by atoms with Gasteiger partial charge in [-0.15, -0.1) is 0 Å². The predicted molar refractivity (Wildman–Crippen MR) is 123 cm³/mol. The standard InChI is InChI=1S/C21H29O5.3CH3.Sn/c1-13(2)20-15(4)21(14(3)19(26-20)7-8-22)25-12-16-9-17(23-5)11-18(10-16)24-6;;;;/h1,8-11,14-15,19-21H,7,12H2,2-6H3;3*1H3;/t14-,15-,19+,20-,21-;;;;/m0..../s1. The summed E-state index contributed by atoms with van der Waals surface area (Å²) in [5, 5.41) is 0. The van der Waals surface area contributed by atoms with E-state index in [4.69, 9.17) is 18.9 Å². The molecule has 30 heavy (non-hydrogen) atoms. The molecule has 1 aromatic rings. The summed E-state index contributed by atoms with van der Waals surface area (Å²) in [5.74, 6) is 1.81. The minimum absolute atomic E-state index is 0.00980. The van der Waals surface area contributed by atoms with E-state index in [2.05, 4.69) is 39.7 Å². The van der Waals surface area contributed by atoms with Crippen molar-refractivity contribution in [2.45, 2.75) is 66.9 Å². The average Bonchev–Trinajstić information content (AvgIpc) is 2.68. The van der Waals surface area contributed by atoms with E-state index < -0.39 is 18.4 Å². The van der Waals surface area contributed by atoms with E-state index in [-0.39, 0.29) is 30.1 Å². The van der Waals surface area contributed by atoms with Crippen LogP contribution in [0.1, 0.15) is 32.8 Å². The van der Waals surface area contributed by atoms with Gasteiger partial charge in [0.1, 0.15) is 0 Å². The van der Waals surface area contributed by atoms with Crippen LogP contribution in [0.2, 0.25) is 14.8 Å². The van der Waals surface area contributed by atoms with Crippen molar-refractivity contribution in [3.8, 4) is 11.5 Å². The van der Waals surface area contributed by atoms with Crippen LogP contribution in [0, 0.1) is 11.8 Å². The van der Waals surface area contributed by atoms with Gasteiger partial charge in [0.05, 0.1) is 0 Å². The first-order chi connectivity index (χ1) is 14.1. The van der Waals surface area contributed by atoms with Crippen molar-refractivity contribution in [3.63, 3.8) is 0 Å². The molecule has 168 valence electrons. The van der Waals surface area contributed by atoms with Crippen molar-refractivity contribution in [3.05, 3.63) is 33.4 Å². The van der Waals surface area contributed by atoms with Gasteiger partial charge in [0.15, 0.2) is 0 Å². The van der Waals surface area contributed by atoms with Gasteiger partial charge in [-0.3, -0.25) is 0 Å². The summed E-state index contributed by atoms with van der Waals surface area (Å²) in [6.07, 6.45) is 1.19. The normalized spacial score (nSPS) is 27.6. The Balaban J connectivity index is 2.25. The maximum absolute atomic E-state index is 11.3.